The Bertz CT molecular complexity index is 526. The van der Waals surface area contributed by atoms with E-state index in [1.807, 2.05) is 26.0 Å². The van der Waals surface area contributed by atoms with Gasteiger partial charge in [0.05, 0.1) is 5.51 Å². The van der Waals surface area contributed by atoms with Crippen molar-refractivity contribution >= 4 is 33.0 Å². The minimum atomic E-state index is 0.146. The molecule has 1 heterocycles. The SMILES string of the molecule is Cc1cc(C(=O)Cc2cncs2)cc(C)c1Br. The quantitative estimate of drug-likeness (QED) is 0.804. The second kappa shape index (κ2) is 5.10. The number of halogens is 1. The van der Waals surface area contributed by atoms with E-state index < -0.39 is 0 Å². The molecular formula is C13H12BrNOS. The molecule has 0 N–H and O–H groups in total. The summed E-state index contributed by atoms with van der Waals surface area (Å²) in [6, 6.07) is 3.86. The van der Waals surface area contributed by atoms with E-state index in [0.29, 0.717) is 6.42 Å². The summed E-state index contributed by atoms with van der Waals surface area (Å²) < 4.78 is 1.08. The molecular weight excluding hydrogens is 298 g/mol. The van der Waals surface area contributed by atoms with Crippen molar-refractivity contribution in [1.29, 1.82) is 0 Å². The number of nitrogens with zero attached hydrogens (tertiary/aromatic N) is 1. The first-order valence-corrected chi connectivity index (χ1v) is 6.92. The van der Waals surface area contributed by atoms with Crippen LogP contribution >= 0.6 is 27.3 Å². The maximum absolute atomic E-state index is 12.1. The lowest BCUT2D eigenvalue weighted by Crippen LogP contribution is -2.03. The maximum atomic E-state index is 12.1. The van der Waals surface area contributed by atoms with Crippen LogP contribution in [0, 0.1) is 13.8 Å². The number of ketones is 1. The van der Waals surface area contributed by atoms with Crippen molar-refractivity contribution in [3.05, 3.63) is 49.9 Å². The van der Waals surface area contributed by atoms with E-state index in [1.165, 1.54) is 11.3 Å². The van der Waals surface area contributed by atoms with Gasteiger partial charge in [-0.15, -0.1) is 11.3 Å². The van der Waals surface area contributed by atoms with Gasteiger partial charge in [-0.3, -0.25) is 9.78 Å². The average molecular weight is 310 g/mol. The van der Waals surface area contributed by atoms with E-state index in [9.17, 15) is 4.79 Å². The molecule has 1 aromatic carbocycles. The predicted molar refractivity (Wildman–Crippen MR) is 73.8 cm³/mol. The number of hydrogen-bond acceptors (Lipinski definition) is 3. The van der Waals surface area contributed by atoms with Crippen molar-refractivity contribution < 1.29 is 4.79 Å². The van der Waals surface area contributed by atoms with E-state index in [2.05, 4.69) is 20.9 Å². The van der Waals surface area contributed by atoms with Crippen LogP contribution in [-0.2, 0) is 6.42 Å². The fraction of sp³-hybridized carbons (Fsp3) is 0.231. The first-order valence-electron chi connectivity index (χ1n) is 5.25. The Morgan fingerprint density at radius 2 is 2.00 bits per heavy atom. The maximum Gasteiger partial charge on any atom is 0.168 e. The van der Waals surface area contributed by atoms with Gasteiger partial charge in [0.2, 0.25) is 0 Å². The van der Waals surface area contributed by atoms with Gasteiger partial charge in [-0.05, 0) is 37.1 Å². The van der Waals surface area contributed by atoms with Crippen LogP contribution < -0.4 is 0 Å². The molecule has 17 heavy (non-hydrogen) atoms. The van der Waals surface area contributed by atoms with E-state index >= 15 is 0 Å². The largest absolute Gasteiger partial charge is 0.294 e. The van der Waals surface area contributed by atoms with Crippen molar-refractivity contribution in [3.63, 3.8) is 0 Å². The number of carbonyl (C=O) groups excluding carboxylic acids is 1. The predicted octanol–water partition coefficient (Wildman–Crippen LogP) is 3.95. The Morgan fingerprint density at radius 3 is 2.53 bits per heavy atom. The summed E-state index contributed by atoms with van der Waals surface area (Å²) >= 11 is 5.02. The summed E-state index contributed by atoms with van der Waals surface area (Å²) in [5, 5.41) is 0. The van der Waals surface area contributed by atoms with Gasteiger partial charge >= 0.3 is 0 Å². The summed E-state index contributed by atoms with van der Waals surface area (Å²) in [7, 11) is 0. The monoisotopic (exact) mass is 309 g/mol. The number of thiazole rings is 1. The van der Waals surface area contributed by atoms with Crippen molar-refractivity contribution in [2.75, 3.05) is 0 Å². The minimum Gasteiger partial charge on any atom is -0.294 e. The van der Waals surface area contributed by atoms with Gasteiger partial charge in [-0.1, -0.05) is 15.9 Å². The van der Waals surface area contributed by atoms with Crippen molar-refractivity contribution in [2.24, 2.45) is 0 Å². The molecule has 0 aliphatic rings. The first-order chi connectivity index (χ1) is 8.08. The van der Waals surface area contributed by atoms with Crippen molar-refractivity contribution in [1.82, 2.24) is 4.98 Å². The van der Waals surface area contributed by atoms with Gasteiger partial charge in [0.15, 0.2) is 5.78 Å². The first kappa shape index (κ1) is 12.5. The minimum absolute atomic E-state index is 0.146. The molecule has 0 spiro atoms. The smallest absolute Gasteiger partial charge is 0.168 e. The highest BCUT2D eigenvalue weighted by molar-refractivity contribution is 9.10. The Labute approximate surface area is 113 Å². The molecule has 2 nitrogen and oxygen atoms in total. The van der Waals surface area contributed by atoms with Crippen LogP contribution in [0.15, 0.2) is 28.3 Å². The number of aryl methyl sites for hydroxylation is 2. The molecule has 2 aromatic rings. The Balaban J connectivity index is 2.26. The molecule has 0 radical (unpaired) electrons. The number of rotatable bonds is 3. The molecule has 2 rings (SSSR count). The zero-order valence-electron chi connectivity index (χ0n) is 9.66. The van der Waals surface area contributed by atoms with Crippen molar-refractivity contribution in [2.45, 2.75) is 20.3 Å². The van der Waals surface area contributed by atoms with Crippen LogP contribution in [0.4, 0.5) is 0 Å². The molecule has 0 saturated carbocycles. The number of aromatic nitrogens is 1. The van der Waals surface area contributed by atoms with Crippen LogP contribution in [0.25, 0.3) is 0 Å². The number of benzene rings is 1. The fourth-order valence-corrected chi connectivity index (χ4v) is 2.52. The van der Waals surface area contributed by atoms with Gasteiger partial charge in [0, 0.05) is 27.5 Å². The molecule has 0 amide bonds. The summed E-state index contributed by atoms with van der Waals surface area (Å²) in [5.74, 6) is 0.146. The molecule has 0 bridgehead atoms. The van der Waals surface area contributed by atoms with Gasteiger partial charge in [0.25, 0.3) is 0 Å². The summed E-state index contributed by atoms with van der Waals surface area (Å²) in [5.41, 5.74) is 4.72. The Hall–Kier alpha value is -1.00. The lowest BCUT2D eigenvalue weighted by Gasteiger charge is -2.06. The molecule has 4 heteroatoms. The molecule has 0 fully saturated rings. The average Bonchev–Trinajstić information content (AvgIpc) is 2.77. The van der Waals surface area contributed by atoms with Crippen LogP contribution in [0.2, 0.25) is 0 Å². The van der Waals surface area contributed by atoms with Gasteiger partial charge in [-0.2, -0.15) is 0 Å². The third-order valence-corrected chi connectivity index (χ3v) is 4.61. The molecule has 1 aromatic heterocycles. The fourth-order valence-electron chi connectivity index (χ4n) is 1.70. The standard InChI is InChI=1S/C13H12BrNOS/c1-8-3-10(4-9(2)13(8)14)12(16)5-11-6-15-7-17-11/h3-4,6-7H,5H2,1-2H3. The molecule has 0 aliphatic carbocycles. The number of hydrogen-bond donors (Lipinski definition) is 0. The van der Waals surface area contributed by atoms with E-state index in [1.54, 1.807) is 11.7 Å². The third kappa shape index (κ3) is 2.82. The van der Waals surface area contributed by atoms with Crippen LogP contribution in [-0.4, -0.2) is 10.8 Å². The Morgan fingerprint density at radius 1 is 1.35 bits per heavy atom. The van der Waals surface area contributed by atoms with Crippen LogP contribution in [0.3, 0.4) is 0 Å². The molecule has 0 aliphatic heterocycles. The van der Waals surface area contributed by atoms with E-state index in [0.717, 1.165) is 26.0 Å². The van der Waals surface area contributed by atoms with Crippen LogP contribution in [0.5, 0.6) is 0 Å². The highest BCUT2D eigenvalue weighted by Gasteiger charge is 2.11. The summed E-state index contributed by atoms with van der Waals surface area (Å²) in [4.78, 5) is 17.1. The lowest BCUT2D eigenvalue weighted by atomic mass is 10.0. The van der Waals surface area contributed by atoms with E-state index in [4.69, 9.17) is 0 Å². The van der Waals surface area contributed by atoms with Gasteiger partial charge in [0.1, 0.15) is 0 Å². The van der Waals surface area contributed by atoms with Gasteiger partial charge < -0.3 is 0 Å². The molecule has 88 valence electrons. The normalized spacial score (nSPS) is 10.5. The molecule has 0 saturated heterocycles. The highest BCUT2D eigenvalue weighted by atomic mass is 79.9. The zero-order chi connectivity index (χ0) is 12.4. The van der Waals surface area contributed by atoms with E-state index in [-0.39, 0.29) is 5.78 Å². The van der Waals surface area contributed by atoms with Crippen LogP contribution in [0.1, 0.15) is 26.4 Å². The highest BCUT2D eigenvalue weighted by Crippen LogP contribution is 2.23. The molecule has 0 unspecified atom stereocenters. The van der Waals surface area contributed by atoms with Crippen molar-refractivity contribution in [3.8, 4) is 0 Å². The number of Topliss-reactive ketones (excluding diaryl/α,β-unsaturated/α-hetero) is 1. The zero-order valence-corrected chi connectivity index (χ0v) is 12.1. The lowest BCUT2D eigenvalue weighted by molar-refractivity contribution is 0.0993. The second-order valence-corrected chi connectivity index (χ2v) is 5.76. The number of carbonyl (C=O) groups is 1. The second-order valence-electron chi connectivity index (χ2n) is 3.99. The Kier molecular flexibility index (Phi) is 3.74. The summed E-state index contributed by atoms with van der Waals surface area (Å²) in [6.45, 7) is 4.00. The summed E-state index contributed by atoms with van der Waals surface area (Å²) in [6.07, 6.45) is 2.19. The third-order valence-electron chi connectivity index (χ3n) is 2.58. The molecule has 0 atom stereocenters. The topological polar surface area (TPSA) is 30.0 Å². The van der Waals surface area contributed by atoms with Gasteiger partial charge in [-0.25, -0.2) is 0 Å².